The Morgan fingerprint density at radius 3 is 2.69 bits per heavy atom. The standard InChI is InChI=1S/C9H11Cl2N.ClH/c10-5-2-6-12-9-4-1-3-8(11)7-9;/h1,3-4,7,12H,2,5-6H2;1H. The molecule has 0 radical (unpaired) electrons. The van der Waals surface area contributed by atoms with E-state index in [0.29, 0.717) is 5.88 Å². The minimum absolute atomic E-state index is 0. The van der Waals surface area contributed by atoms with Crippen LogP contribution < -0.4 is 5.32 Å². The molecular formula is C9H12Cl3N. The molecule has 0 aliphatic rings. The highest BCUT2D eigenvalue weighted by molar-refractivity contribution is 6.30. The van der Waals surface area contributed by atoms with Crippen molar-refractivity contribution in [3.05, 3.63) is 29.3 Å². The molecule has 13 heavy (non-hydrogen) atoms. The average molecular weight is 241 g/mol. The highest BCUT2D eigenvalue weighted by atomic mass is 35.5. The third kappa shape index (κ3) is 5.25. The van der Waals surface area contributed by atoms with Crippen molar-refractivity contribution in [1.82, 2.24) is 0 Å². The molecule has 0 unspecified atom stereocenters. The van der Waals surface area contributed by atoms with Crippen LogP contribution in [-0.4, -0.2) is 12.4 Å². The van der Waals surface area contributed by atoms with E-state index in [0.717, 1.165) is 23.7 Å². The first kappa shape index (κ1) is 12.9. The molecule has 0 heterocycles. The lowest BCUT2D eigenvalue weighted by molar-refractivity contribution is 0.987. The molecule has 0 bridgehead atoms. The zero-order valence-electron chi connectivity index (χ0n) is 7.09. The molecular weight excluding hydrogens is 228 g/mol. The molecule has 0 spiro atoms. The Balaban J connectivity index is 0.00000144. The highest BCUT2D eigenvalue weighted by Crippen LogP contribution is 2.14. The second kappa shape index (κ2) is 7.31. The molecule has 74 valence electrons. The van der Waals surface area contributed by atoms with E-state index < -0.39 is 0 Å². The van der Waals surface area contributed by atoms with Crippen LogP contribution in [0.4, 0.5) is 5.69 Å². The van der Waals surface area contributed by atoms with Crippen molar-refractivity contribution in [2.75, 3.05) is 17.7 Å². The molecule has 1 rings (SSSR count). The van der Waals surface area contributed by atoms with Crippen LogP contribution in [0.5, 0.6) is 0 Å². The summed E-state index contributed by atoms with van der Waals surface area (Å²) in [4.78, 5) is 0. The van der Waals surface area contributed by atoms with Gasteiger partial charge in [0.1, 0.15) is 0 Å². The number of rotatable bonds is 4. The van der Waals surface area contributed by atoms with E-state index in [1.54, 1.807) is 0 Å². The van der Waals surface area contributed by atoms with Gasteiger partial charge < -0.3 is 5.32 Å². The van der Waals surface area contributed by atoms with E-state index >= 15 is 0 Å². The van der Waals surface area contributed by atoms with Gasteiger partial charge in [-0.25, -0.2) is 0 Å². The first-order valence-corrected chi connectivity index (χ1v) is 4.79. The van der Waals surface area contributed by atoms with Gasteiger partial charge in [0.15, 0.2) is 0 Å². The maximum Gasteiger partial charge on any atom is 0.0426 e. The molecule has 0 aliphatic heterocycles. The van der Waals surface area contributed by atoms with Crippen LogP contribution in [-0.2, 0) is 0 Å². The fraction of sp³-hybridized carbons (Fsp3) is 0.333. The summed E-state index contributed by atoms with van der Waals surface area (Å²) in [6.45, 7) is 0.893. The number of benzene rings is 1. The molecule has 0 amide bonds. The lowest BCUT2D eigenvalue weighted by Crippen LogP contribution is -2.01. The molecule has 4 heteroatoms. The van der Waals surface area contributed by atoms with Gasteiger partial charge in [0, 0.05) is 23.1 Å². The lowest BCUT2D eigenvalue weighted by Gasteiger charge is -2.04. The van der Waals surface area contributed by atoms with Gasteiger partial charge in [0.05, 0.1) is 0 Å². The zero-order valence-corrected chi connectivity index (χ0v) is 9.42. The van der Waals surface area contributed by atoms with E-state index in [2.05, 4.69) is 5.32 Å². The van der Waals surface area contributed by atoms with E-state index in [1.807, 2.05) is 24.3 Å². The van der Waals surface area contributed by atoms with Crippen molar-refractivity contribution in [1.29, 1.82) is 0 Å². The van der Waals surface area contributed by atoms with Crippen molar-refractivity contribution in [3.63, 3.8) is 0 Å². The van der Waals surface area contributed by atoms with Crippen LogP contribution in [0.3, 0.4) is 0 Å². The minimum atomic E-state index is 0. The zero-order chi connectivity index (χ0) is 8.81. The molecule has 0 fully saturated rings. The van der Waals surface area contributed by atoms with Crippen LogP contribution in [0.1, 0.15) is 6.42 Å². The first-order chi connectivity index (χ1) is 5.83. The van der Waals surface area contributed by atoms with Gasteiger partial charge in [0.25, 0.3) is 0 Å². The van der Waals surface area contributed by atoms with Crippen molar-refractivity contribution < 1.29 is 0 Å². The number of anilines is 1. The molecule has 1 aromatic carbocycles. The van der Waals surface area contributed by atoms with E-state index in [9.17, 15) is 0 Å². The van der Waals surface area contributed by atoms with Crippen LogP contribution in [0.15, 0.2) is 24.3 Å². The molecule has 1 nitrogen and oxygen atoms in total. The Bertz CT molecular complexity index is 240. The largest absolute Gasteiger partial charge is 0.385 e. The summed E-state index contributed by atoms with van der Waals surface area (Å²) >= 11 is 11.3. The van der Waals surface area contributed by atoms with Crippen molar-refractivity contribution in [3.8, 4) is 0 Å². The predicted octanol–water partition coefficient (Wildman–Crippen LogP) is 3.80. The summed E-state index contributed by atoms with van der Waals surface area (Å²) in [5.74, 6) is 0.688. The van der Waals surface area contributed by atoms with Gasteiger partial charge in [-0.1, -0.05) is 17.7 Å². The van der Waals surface area contributed by atoms with Crippen LogP contribution >= 0.6 is 35.6 Å². The van der Waals surface area contributed by atoms with E-state index in [-0.39, 0.29) is 12.4 Å². The summed E-state index contributed by atoms with van der Waals surface area (Å²) in [6, 6.07) is 7.66. The minimum Gasteiger partial charge on any atom is -0.385 e. The predicted molar refractivity (Wildman–Crippen MR) is 62.5 cm³/mol. The molecule has 0 atom stereocenters. The SMILES string of the molecule is Cl.ClCCCNc1cccc(Cl)c1. The molecule has 0 aromatic heterocycles. The monoisotopic (exact) mass is 239 g/mol. The Morgan fingerprint density at radius 1 is 1.31 bits per heavy atom. The lowest BCUT2D eigenvalue weighted by atomic mass is 10.3. The van der Waals surface area contributed by atoms with Gasteiger partial charge in [-0.05, 0) is 24.6 Å². The Morgan fingerprint density at radius 2 is 2.08 bits per heavy atom. The Hall–Kier alpha value is -0.110. The van der Waals surface area contributed by atoms with Crippen molar-refractivity contribution >= 4 is 41.3 Å². The Kier molecular flexibility index (Phi) is 7.25. The second-order valence-corrected chi connectivity index (χ2v) is 3.29. The quantitative estimate of drug-likeness (QED) is 0.623. The summed E-state index contributed by atoms with van der Waals surface area (Å²) in [6.07, 6.45) is 0.966. The van der Waals surface area contributed by atoms with Crippen LogP contribution in [0, 0.1) is 0 Å². The molecule has 1 N–H and O–H groups in total. The molecule has 1 aromatic rings. The molecule has 0 aliphatic carbocycles. The van der Waals surface area contributed by atoms with Crippen molar-refractivity contribution in [2.24, 2.45) is 0 Å². The maximum atomic E-state index is 5.79. The molecule has 0 saturated heterocycles. The number of hydrogen-bond donors (Lipinski definition) is 1. The normalized spacial score (nSPS) is 9.08. The van der Waals surface area contributed by atoms with Gasteiger partial charge in [-0.3, -0.25) is 0 Å². The van der Waals surface area contributed by atoms with Crippen LogP contribution in [0.2, 0.25) is 5.02 Å². The van der Waals surface area contributed by atoms with Gasteiger partial charge >= 0.3 is 0 Å². The van der Waals surface area contributed by atoms with Gasteiger partial charge in [-0.15, -0.1) is 24.0 Å². The smallest absolute Gasteiger partial charge is 0.0426 e. The fourth-order valence-corrected chi connectivity index (χ4v) is 1.22. The summed E-state index contributed by atoms with van der Waals surface area (Å²) < 4.78 is 0. The number of hydrogen-bond acceptors (Lipinski definition) is 1. The molecule has 0 saturated carbocycles. The second-order valence-electron chi connectivity index (χ2n) is 2.48. The third-order valence-corrected chi connectivity index (χ3v) is 1.97. The number of alkyl halides is 1. The summed E-state index contributed by atoms with van der Waals surface area (Å²) in [5, 5.41) is 3.97. The maximum absolute atomic E-state index is 5.79. The first-order valence-electron chi connectivity index (χ1n) is 3.88. The average Bonchev–Trinajstić information content (AvgIpc) is 2.05. The van der Waals surface area contributed by atoms with E-state index in [4.69, 9.17) is 23.2 Å². The van der Waals surface area contributed by atoms with Gasteiger partial charge in [-0.2, -0.15) is 0 Å². The van der Waals surface area contributed by atoms with Crippen molar-refractivity contribution in [2.45, 2.75) is 6.42 Å². The topological polar surface area (TPSA) is 12.0 Å². The van der Waals surface area contributed by atoms with Gasteiger partial charge in [0.2, 0.25) is 0 Å². The highest BCUT2D eigenvalue weighted by Gasteiger charge is 1.91. The van der Waals surface area contributed by atoms with Crippen LogP contribution in [0.25, 0.3) is 0 Å². The summed E-state index contributed by atoms with van der Waals surface area (Å²) in [5.41, 5.74) is 1.05. The van der Waals surface area contributed by atoms with E-state index in [1.165, 1.54) is 0 Å². The number of nitrogens with one attached hydrogen (secondary N) is 1. The fourth-order valence-electron chi connectivity index (χ4n) is 0.898. The summed E-state index contributed by atoms with van der Waals surface area (Å²) in [7, 11) is 0. The third-order valence-electron chi connectivity index (χ3n) is 1.46. The Labute approximate surface area is 94.8 Å². The number of halogens is 3.